The van der Waals surface area contributed by atoms with Crippen molar-refractivity contribution >= 4 is 16.0 Å². The first kappa shape index (κ1) is 26.0. The van der Waals surface area contributed by atoms with E-state index < -0.39 is 27.9 Å². The van der Waals surface area contributed by atoms with Crippen molar-refractivity contribution in [2.24, 2.45) is 0 Å². The first-order valence-electron chi connectivity index (χ1n) is 12.5. The molecule has 1 aliphatic rings. The van der Waals surface area contributed by atoms with Gasteiger partial charge in [0.15, 0.2) is 0 Å². The van der Waals surface area contributed by atoms with E-state index in [0.29, 0.717) is 25.7 Å². The highest BCUT2D eigenvalue weighted by molar-refractivity contribution is 7.89. The van der Waals surface area contributed by atoms with E-state index in [1.807, 2.05) is 48.5 Å². The third kappa shape index (κ3) is 6.80. The molecule has 3 aromatic carbocycles. The fourth-order valence-electron chi connectivity index (χ4n) is 4.67. The highest BCUT2D eigenvalue weighted by atomic mass is 32.2. The fraction of sp³-hybridized carbons (Fsp3) is 0.345. The maximum Gasteiger partial charge on any atom is 0.324 e. The molecule has 36 heavy (non-hydrogen) atoms. The van der Waals surface area contributed by atoms with Gasteiger partial charge in [0.2, 0.25) is 10.0 Å². The van der Waals surface area contributed by atoms with Crippen molar-refractivity contribution in [2.45, 2.75) is 62.0 Å². The zero-order valence-corrected chi connectivity index (χ0v) is 21.1. The molecule has 5 nitrogen and oxygen atoms in total. The Kier molecular flexibility index (Phi) is 8.88. The van der Waals surface area contributed by atoms with E-state index in [1.54, 1.807) is 0 Å². The second-order valence-electron chi connectivity index (χ2n) is 9.21. The Labute approximate surface area is 213 Å². The number of ether oxygens (including phenoxy) is 1. The summed E-state index contributed by atoms with van der Waals surface area (Å²) in [5, 5.41) is 0. The predicted molar refractivity (Wildman–Crippen MR) is 137 cm³/mol. The molecule has 4 rings (SSSR count). The number of hydrogen-bond donors (Lipinski definition) is 0. The van der Waals surface area contributed by atoms with E-state index in [1.165, 1.54) is 22.0 Å². The molecular formula is C29H32FNO4S. The lowest BCUT2D eigenvalue weighted by molar-refractivity contribution is -0.155. The SMILES string of the molecule is O=C(OC(CCCc1ccccc1)Cc1ccccc1)C1CCCCN1S(=O)(=O)c1ccc(F)cc1. The highest BCUT2D eigenvalue weighted by Crippen LogP contribution is 2.27. The number of halogens is 1. The standard InChI is InChI=1S/C29H32FNO4S/c30-25-17-19-27(20-18-25)36(33,34)31-21-8-7-16-28(31)29(32)35-26(22-24-12-5-2-6-13-24)15-9-14-23-10-3-1-4-11-23/h1-6,10-13,17-20,26,28H,7-9,14-16,21-22H2. The van der Waals surface area contributed by atoms with Crippen molar-refractivity contribution in [3.8, 4) is 0 Å². The van der Waals surface area contributed by atoms with E-state index in [-0.39, 0.29) is 17.5 Å². The van der Waals surface area contributed by atoms with Crippen LogP contribution in [0.4, 0.5) is 4.39 Å². The van der Waals surface area contributed by atoms with Crippen molar-refractivity contribution < 1.29 is 22.3 Å². The maximum absolute atomic E-state index is 13.4. The number of sulfonamides is 1. The van der Waals surface area contributed by atoms with Gasteiger partial charge in [0.1, 0.15) is 18.0 Å². The van der Waals surface area contributed by atoms with Crippen LogP contribution < -0.4 is 0 Å². The third-order valence-electron chi connectivity index (χ3n) is 6.57. The van der Waals surface area contributed by atoms with Gasteiger partial charge in [-0.05, 0) is 73.9 Å². The van der Waals surface area contributed by atoms with Gasteiger partial charge in [-0.1, -0.05) is 60.7 Å². The second kappa shape index (κ2) is 12.3. The molecule has 0 N–H and O–H groups in total. The van der Waals surface area contributed by atoms with Gasteiger partial charge in [0.25, 0.3) is 0 Å². The van der Waals surface area contributed by atoms with Crippen LogP contribution in [0.1, 0.15) is 43.2 Å². The summed E-state index contributed by atoms with van der Waals surface area (Å²) in [5.74, 6) is -1.02. The van der Waals surface area contributed by atoms with Gasteiger partial charge in [-0.3, -0.25) is 4.79 Å². The largest absolute Gasteiger partial charge is 0.461 e. The van der Waals surface area contributed by atoms with Crippen LogP contribution in [0.25, 0.3) is 0 Å². The molecule has 1 saturated heterocycles. The van der Waals surface area contributed by atoms with Gasteiger partial charge in [-0.15, -0.1) is 0 Å². The molecule has 3 aromatic rings. The first-order valence-corrected chi connectivity index (χ1v) is 13.9. The zero-order valence-electron chi connectivity index (χ0n) is 20.3. The predicted octanol–water partition coefficient (Wildman–Crippen LogP) is 5.55. The van der Waals surface area contributed by atoms with Crippen LogP contribution in [0, 0.1) is 5.82 Å². The van der Waals surface area contributed by atoms with Crippen molar-refractivity contribution in [2.75, 3.05) is 6.54 Å². The summed E-state index contributed by atoms with van der Waals surface area (Å²) < 4.78 is 47.2. The number of aryl methyl sites for hydroxylation is 1. The zero-order chi connectivity index (χ0) is 25.4. The van der Waals surface area contributed by atoms with Gasteiger partial charge >= 0.3 is 5.97 Å². The van der Waals surface area contributed by atoms with Gasteiger partial charge in [-0.25, -0.2) is 12.8 Å². The molecule has 2 unspecified atom stereocenters. The minimum Gasteiger partial charge on any atom is -0.461 e. The van der Waals surface area contributed by atoms with Crippen LogP contribution in [-0.2, 0) is 32.4 Å². The Bertz CT molecular complexity index is 1220. The van der Waals surface area contributed by atoms with Crippen molar-refractivity contribution in [3.05, 3.63) is 102 Å². The van der Waals surface area contributed by atoms with Gasteiger partial charge in [0.05, 0.1) is 4.90 Å². The minimum absolute atomic E-state index is 0.0210. The fourth-order valence-corrected chi connectivity index (χ4v) is 6.32. The number of piperidine rings is 1. The Morgan fingerprint density at radius 3 is 2.22 bits per heavy atom. The summed E-state index contributed by atoms with van der Waals surface area (Å²) in [6.07, 6.45) is 4.41. The summed E-state index contributed by atoms with van der Waals surface area (Å²) >= 11 is 0. The number of carbonyl (C=O) groups excluding carboxylic acids is 1. The van der Waals surface area contributed by atoms with Gasteiger partial charge in [-0.2, -0.15) is 4.31 Å². The number of benzene rings is 3. The molecule has 0 spiro atoms. The Morgan fingerprint density at radius 2 is 1.56 bits per heavy atom. The number of rotatable bonds is 10. The molecule has 0 aromatic heterocycles. The Balaban J connectivity index is 1.48. The average molecular weight is 510 g/mol. The molecular weight excluding hydrogens is 477 g/mol. The lowest BCUT2D eigenvalue weighted by Gasteiger charge is -2.34. The van der Waals surface area contributed by atoms with E-state index >= 15 is 0 Å². The van der Waals surface area contributed by atoms with E-state index in [2.05, 4.69) is 12.1 Å². The molecule has 2 atom stereocenters. The number of carbonyl (C=O) groups is 1. The van der Waals surface area contributed by atoms with Crippen LogP contribution >= 0.6 is 0 Å². The molecule has 1 heterocycles. The lowest BCUT2D eigenvalue weighted by Crippen LogP contribution is -2.49. The minimum atomic E-state index is -3.95. The number of hydrogen-bond acceptors (Lipinski definition) is 4. The molecule has 190 valence electrons. The topological polar surface area (TPSA) is 63.7 Å². The number of nitrogens with zero attached hydrogens (tertiary/aromatic N) is 1. The molecule has 1 fully saturated rings. The van der Waals surface area contributed by atoms with Crippen molar-refractivity contribution in [1.82, 2.24) is 4.31 Å². The monoisotopic (exact) mass is 509 g/mol. The Morgan fingerprint density at radius 1 is 0.917 bits per heavy atom. The summed E-state index contributed by atoms with van der Waals surface area (Å²) in [6.45, 7) is 0.233. The molecule has 0 radical (unpaired) electrons. The van der Waals surface area contributed by atoms with Crippen LogP contribution in [0.2, 0.25) is 0 Å². The van der Waals surface area contributed by atoms with Crippen molar-refractivity contribution in [1.29, 1.82) is 0 Å². The first-order chi connectivity index (χ1) is 17.4. The summed E-state index contributed by atoms with van der Waals surface area (Å²) in [6, 6.07) is 23.9. The summed E-state index contributed by atoms with van der Waals surface area (Å²) in [4.78, 5) is 13.4. The molecule has 0 amide bonds. The second-order valence-corrected chi connectivity index (χ2v) is 11.1. The summed E-state index contributed by atoms with van der Waals surface area (Å²) in [7, 11) is -3.95. The highest BCUT2D eigenvalue weighted by Gasteiger charge is 2.39. The summed E-state index contributed by atoms with van der Waals surface area (Å²) in [5.41, 5.74) is 2.29. The molecule has 0 aliphatic carbocycles. The van der Waals surface area contributed by atoms with E-state index in [4.69, 9.17) is 4.74 Å². The van der Waals surface area contributed by atoms with E-state index in [9.17, 15) is 17.6 Å². The third-order valence-corrected chi connectivity index (χ3v) is 8.49. The van der Waals surface area contributed by atoms with Crippen LogP contribution in [0.15, 0.2) is 89.8 Å². The Hall–Kier alpha value is -3.03. The molecule has 7 heteroatoms. The van der Waals surface area contributed by atoms with Crippen LogP contribution in [-0.4, -0.2) is 37.4 Å². The van der Waals surface area contributed by atoms with Gasteiger partial charge in [0, 0.05) is 13.0 Å². The normalized spacial score (nSPS) is 17.4. The van der Waals surface area contributed by atoms with Crippen molar-refractivity contribution in [3.63, 3.8) is 0 Å². The smallest absolute Gasteiger partial charge is 0.324 e. The quantitative estimate of drug-likeness (QED) is 0.336. The van der Waals surface area contributed by atoms with E-state index in [0.717, 1.165) is 37.0 Å². The van der Waals surface area contributed by atoms with Crippen LogP contribution in [0.5, 0.6) is 0 Å². The van der Waals surface area contributed by atoms with Crippen LogP contribution in [0.3, 0.4) is 0 Å². The lowest BCUT2D eigenvalue weighted by atomic mass is 10.0. The molecule has 1 aliphatic heterocycles. The number of esters is 1. The molecule has 0 bridgehead atoms. The molecule has 0 saturated carbocycles. The van der Waals surface area contributed by atoms with Gasteiger partial charge < -0.3 is 4.74 Å². The maximum atomic E-state index is 13.4. The average Bonchev–Trinajstić information content (AvgIpc) is 2.90.